The maximum Gasteiger partial charge on any atom is 0.295 e. The summed E-state index contributed by atoms with van der Waals surface area (Å²) >= 11 is 0. The van der Waals surface area contributed by atoms with Gasteiger partial charge in [-0.25, -0.2) is 8.78 Å². The van der Waals surface area contributed by atoms with Crippen LogP contribution in [-0.2, 0) is 6.54 Å². The molecule has 1 heterocycles. The highest BCUT2D eigenvalue weighted by Gasteiger charge is 2.24. The second-order valence-electron chi connectivity index (χ2n) is 6.92. The number of likely N-dealkylation sites (tertiary alicyclic amines) is 1. The molecular formula is C20H23F2N3O4. The molecule has 1 fully saturated rings. The molecule has 0 aliphatic carbocycles. The summed E-state index contributed by atoms with van der Waals surface area (Å²) in [5.74, 6) is -0.990. The number of nitro groups is 1. The first-order chi connectivity index (χ1) is 13.9. The van der Waals surface area contributed by atoms with Crippen molar-refractivity contribution >= 4 is 11.4 Å². The van der Waals surface area contributed by atoms with Gasteiger partial charge in [0.05, 0.1) is 25.2 Å². The molecular weight excluding hydrogens is 384 g/mol. The van der Waals surface area contributed by atoms with E-state index < -0.39 is 10.7 Å². The number of piperidine rings is 1. The summed E-state index contributed by atoms with van der Waals surface area (Å²) in [5, 5.41) is 14.4. The minimum Gasteiger partial charge on any atom is -0.494 e. The van der Waals surface area contributed by atoms with E-state index in [-0.39, 0.29) is 34.7 Å². The van der Waals surface area contributed by atoms with Gasteiger partial charge in [0.25, 0.3) is 5.69 Å². The topological polar surface area (TPSA) is 76.9 Å². The molecule has 156 valence electrons. The van der Waals surface area contributed by atoms with Crippen molar-refractivity contribution in [3.63, 3.8) is 0 Å². The molecule has 0 saturated carbocycles. The Kier molecular flexibility index (Phi) is 6.48. The van der Waals surface area contributed by atoms with Crippen LogP contribution in [0.2, 0.25) is 0 Å². The largest absolute Gasteiger partial charge is 0.494 e. The molecule has 7 nitrogen and oxygen atoms in total. The summed E-state index contributed by atoms with van der Waals surface area (Å²) in [6.45, 7) is 2.10. The molecule has 1 saturated heterocycles. The fourth-order valence-electron chi connectivity index (χ4n) is 3.49. The van der Waals surface area contributed by atoms with Crippen molar-refractivity contribution in [2.24, 2.45) is 0 Å². The van der Waals surface area contributed by atoms with Crippen LogP contribution in [-0.4, -0.2) is 43.2 Å². The van der Waals surface area contributed by atoms with Crippen LogP contribution in [0, 0.1) is 21.7 Å². The smallest absolute Gasteiger partial charge is 0.295 e. The minimum absolute atomic E-state index is 0.00715. The van der Waals surface area contributed by atoms with Gasteiger partial charge in [-0.05, 0) is 30.5 Å². The zero-order valence-corrected chi connectivity index (χ0v) is 16.3. The lowest BCUT2D eigenvalue weighted by Gasteiger charge is -2.32. The van der Waals surface area contributed by atoms with E-state index in [1.165, 1.54) is 26.4 Å². The third-order valence-corrected chi connectivity index (χ3v) is 5.04. The molecule has 9 heteroatoms. The van der Waals surface area contributed by atoms with Crippen molar-refractivity contribution in [1.82, 2.24) is 4.90 Å². The highest BCUT2D eigenvalue weighted by molar-refractivity contribution is 5.65. The van der Waals surface area contributed by atoms with Crippen LogP contribution >= 0.6 is 0 Å². The summed E-state index contributed by atoms with van der Waals surface area (Å²) in [6, 6.07) is 7.11. The predicted octanol–water partition coefficient (Wildman–Crippen LogP) is 3.97. The molecule has 0 unspecified atom stereocenters. The number of nitrogens with one attached hydrogen (secondary N) is 1. The molecule has 0 spiro atoms. The normalized spacial score (nSPS) is 15.2. The van der Waals surface area contributed by atoms with Crippen molar-refractivity contribution in [2.75, 3.05) is 32.6 Å². The lowest BCUT2D eigenvalue weighted by atomic mass is 10.0. The Labute approximate surface area is 167 Å². The zero-order chi connectivity index (χ0) is 21.0. The summed E-state index contributed by atoms with van der Waals surface area (Å²) in [4.78, 5) is 12.8. The molecule has 0 amide bonds. The molecule has 0 aromatic heterocycles. The number of methoxy groups -OCH3 is 2. The lowest BCUT2D eigenvalue weighted by molar-refractivity contribution is -0.384. The molecule has 0 atom stereocenters. The van der Waals surface area contributed by atoms with Gasteiger partial charge in [-0.3, -0.25) is 15.0 Å². The Morgan fingerprint density at radius 2 is 1.76 bits per heavy atom. The van der Waals surface area contributed by atoms with E-state index >= 15 is 0 Å². The monoisotopic (exact) mass is 407 g/mol. The number of nitrogens with zero attached hydrogens (tertiary/aromatic N) is 2. The summed E-state index contributed by atoms with van der Waals surface area (Å²) < 4.78 is 37.5. The van der Waals surface area contributed by atoms with Gasteiger partial charge in [-0.1, -0.05) is 6.07 Å². The maximum absolute atomic E-state index is 13.9. The van der Waals surface area contributed by atoms with Gasteiger partial charge in [-0.15, -0.1) is 0 Å². The molecule has 2 aromatic rings. The summed E-state index contributed by atoms with van der Waals surface area (Å²) in [5.41, 5.74) is 0.775. The summed E-state index contributed by atoms with van der Waals surface area (Å²) in [7, 11) is 2.74. The lowest BCUT2D eigenvalue weighted by Crippen LogP contribution is -2.38. The summed E-state index contributed by atoms with van der Waals surface area (Å²) in [6.07, 6.45) is 1.49. The van der Waals surface area contributed by atoms with Gasteiger partial charge in [0, 0.05) is 31.7 Å². The van der Waals surface area contributed by atoms with E-state index in [0.717, 1.165) is 37.6 Å². The van der Waals surface area contributed by atoms with E-state index in [4.69, 9.17) is 9.47 Å². The van der Waals surface area contributed by atoms with Crippen molar-refractivity contribution in [1.29, 1.82) is 0 Å². The third-order valence-electron chi connectivity index (χ3n) is 5.04. The van der Waals surface area contributed by atoms with Gasteiger partial charge in [-0.2, -0.15) is 0 Å². The first kappa shape index (κ1) is 20.8. The van der Waals surface area contributed by atoms with E-state index in [1.807, 2.05) is 6.07 Å². The quantitative estimate of drug-likeness (QED) is 0.553. The average molecular weight is 407 g/mol. The van der Waals surface area contributed by atoms with Gasteiger partial charge in [0.2, 0.25) is 0 Å². The molecule has 1 aliphatic heterocycles. The zero-order valence-electron chi connectivity index (χ0n) is 16.3. The van der Waals surface area contributed by atoms with Gasteiger partial charge in [0.15, 0.2) is 23.1 Å². The van der Waals surface area contributed by atoms with Crippen LogP contribution in [0.15, 0.2) is 30.3 Å². The van der Waals surface area contributed by atoms with Crippen LogP contribution in [0.4, 0.5) is 20.2 Å². The van der Waals surface area contributed by atoms with Crippen LogP contribution < -0.4 is 14.8 Å². The van der Waals surface area contributed by atoms with Crippen LogP contribution in [0.5, 0.6) is 11.5 Å². The number of hydrogen-bond donors (Lipinski definition) is 1. The molecule has 2 aromatic carbocycles. The number of anilines is 1. The van der Waals surface area contributed by atoms with E-state index in [0.29, 0.717) is 6.54 Å². The Hall–Kier alpha value is -2.94. The molecule has 1 aliphatic rings. The van der Waals surface area contributed by atoms with Crippen molar-refractivity contribution in [2.45, 2.75) is 25.4 Å². The van der Waals surface area contributed by atoms with Gasteiger partial charge < -0.3 is 14.8 Å². The fraction of sp³-hybridized carbons (Fsp3) is 0.400. The highest BCUT2D eigenvalue weighted by Crippen LogP contribution is 2.33. The number of nitro benzene ring substituents is 1. The molecule has 3 rings (SSSR count). The SMILES string of the molecule is COc1ccc(CN2CCC(Nc3cc(OC)c(F)cc3[N+](=O)[O-])CC2)cc1F. The average Bonchev–Trinajstić information content (AvgIpc) is 2.70. The predicted molar refractivity (Wildman–Crippen MR) is 104 cm³/mol. The molecule has 0 radical (unpaired) electrons. The van der Waals surface area contributed by atoms with E-state index in [2.05, 4.69) is 10.2 Å². The first-order valence-electron chi connectivity index (χ1n) is 9.24. The molecule has 1 N–H and O–H groups in total. The van der Waals surface area contributed by atoms with Crippen molar-refractivity contribution < 1.29 is 23.2 Å². The highest BCUT2D eigenvalue weighted by atomic mass is 19.1. The van der Waals surface area contributed by atoms with E-state index in [9.17, 15) is 18.9 Å². The van der Waals surface area contributed by atoms with Crippen molar-refractivity contribution in [3.05, 3.63) is 57.6 Å². The second kappa shape index (κ2) is 9.04. The Balaban J connectivity index is 1.61. The van der Waals surface area contributed by atoms with E-state index in [1.54, 1.807) is 6.07 Å². The number of ether oxygens (including phenoxy) is 2. The number of hydrogen-bond acceptors (Lipinski definition) is 6. The Bertz CT molecular complexity index is 886. The number of benzene rings is 2. The van der Waals surface area contributed by atoms with Crippen LogP contribution in [0.3, 0.4) is 0 Å². The second-order valence-corrected chi connectivity index (χ2v) is 6.92. The van der Waals surface area contributed by atoms with Crippen LogP contribution in [0.1, 0.15) is 18.4 Å². The Morgan fingerprint density at radius 3 is 2.34 bits per heavy atom. The standard InChI is InChI=1S/C20H23F2N3O4/c1-28-19-4-3-13(9-15(19)21)12-24-7-5-14(6-8-24)23-17-11-20(29-2)16(22)10-18(17)25(26)27/h3-4,9-11,14,23H,5-8,12H2,1-2H3. The van der Waals surface area contributed by atoms with Gasteiger partial charge >= 0.3 is 0 Å². The maximum atomic E-state index is 13.9. The molecule has 29 heavy (non-hydrogen) atoms. The van der Waals surface area contributed by atoms with Crippen LogP contribution in [0.25, 0.3) is 0 Å². The Morgan fingerprint density at radius 1 is 1.10 bits per heavy atom. The minimum atomic E-state index is -0.772. The fourth-order valence-corrected chi connectivity index (χ4v) is 3.49. The number of halogens is 2. The van der Waals surface area contributed by atoms with Crippen molar-refractivity contribution in [3.8, 4) is 11.5 Å². The first-order valence-corrected chi connectivity index (χ1v) is 9.24. The van der Waals surface area contributed by atoms with Gasteiger partial charge in [0.1, 0.15) is 5.69 Å². The molecule has 0 bridgehead atoms. The third kappa shape index (κ3) is 4.92. The number of rotatable bonds is 7.